The number of benzene rings is 1. The summed E-state index contributed by atoms with van der Waals surface area (Å²) < 4.78 is 23.9. The average molecular weight is 255 g/mol. The van der Waals surface area contributed by atoms with Crippen molar-refractivity contribution in [2.45, 2.75) is 26.3 Å². The van der Waals surface area contributed by atoms with Gasteiger partial charge in [-0.15, -0.1) is 0 Å². The van der Waals surface area contributed by atoms with Gasteiger partial charge in [-0.25, -0.2) is 4.39 Å². The zero-order chi connectivity index (χ0) is 13.4. The second-order valence-electron chi connectivity index (χ2n) is 4.33. The van der Waals surface area contributed by atoms with E-state index in [1.807, 2.05) is 0 Å². The standard InChI is InChI=1S/C14H22FNO2/c1-4-7-16-12(9-17-3)10-18-13-5-6-14(15)11(2)8-13/h5-6,8,12,16H,4,7,9-10H2,1-3H3. The Bertz CT molecular complexity index is 358. The van der Waals surface area contributed by atoms with Crippen molar-refractivity contribution < 1.29 is 13.9 Å². The lowest BCUT2D eigenvalue weighted by atomic mass is 10.2. The van der Waals surface area contributed by atoms with E-state index in [0.29, 0.717) is 24.5 Å². The highest BCUT2D eigenvalue weighted by Crippen LogP contribution is 2.16. The van der Waals surface area contributed by atoms with Gasteiger partial charge in [-0.3, -0.25) is 0 Å². The molecule has 0 heterocycles. The predicted molar refractivity (Wildman–Crippen MR) is 70.6 cm³/mol. The molecule has 0 aromatic heterocycles. The van der Waals surface area contributed by atoms with Crippen LogP contribution in [0, 0.1) is 12.7 Å². The normalized spacial score (nSPS) is 12.4. The van der Waals surface area contributed by atoms with E-state index < -0.39 is 0 Å². The van der Waals surface area contributed by atoms with Crippen LogP contribution in [-0.2, 0) is 4.74 Å². The van der Waals surface area contributed by atoms with Crippen LogP contribution in [0.1, 0.15) is 18.9 Å². The molecule has 18 heavy (non-hydrogen) atoms. The van der Waals surface area contributed by atoms with Crippen molar-refractivity contribution in [3.05, 3.63) is 29.6 Å². The lowest BCUT2D eigenvalue weighted by molar-refractivity contribution is 0.136. The molecular formula is C14H22FNO2. The molecule has 1 aromatic rings. The third kappa shape index (κ3) is 5.02. The fourth-order valence-electron chi connectivity index (χ4n) is 1.62. The van der Waals surface area contributed by atoms with Gasteiger partial charge in [0.25, 0.3) is 0 Å². The van der Waals surface area contributed by atoms with Crippen LogP contribution in [0.4, 0.5) is 4.39 Å². The Morgan fingerprint density at radius 2 is 2.11 bits per heavy atom. The van der Waals surface area contributed by atoms with Gasteiger partial charge in [-0.2, -0.15) is 0 Å². The topological polar surface area (TPSA) is 30.5 Å². The number of rotatable bonds is 8. The van der Waals surface area contributed by atoms with Gasteiger partial charge in [0, 0.05) is 7.11 Å². The lowest BCUT2D eigenvalue weighted by Crippen LogP contribution is -2.38. The van der Waals surface area contributed by atoms with E-state index in [1.54, 1.807) is 26.2 Å². The van der Waals surface area contributed by atoms with Crippen molar-refractivity contribution >= 4 is 0 Å². The Kier molecular flexibility index (Phi) is 6.68. The van der Waals surface area contributed by atoms with Crippen molar-refractivity contribution in [1.82, 2.24) is 5.32 Å². The van der Waals surface area contributed by atoms with Crippen molar-refractivity contribution in [3.8, 4) is 5.75 Å². The van der Waals surface area contributed by atoms with E-state index in [9.17, 15) is 4.39 Å². The van der Waals surface area contributed by atoms with Crippen LogP contribution >= 0.6 is 0 Å². The molecule has 0 saturated carbocycles. The number of halogens is 1. The summed E-state index contributed by atoms with van der Waals surface area (Å²) in [4.78, 5) is 0. The molecule has 102 valence electrons. The predicted octanol–water partition coefficient (Wildman–Crippen LogP) is 2.53. The maximum absolute atomic E-state index is 13.1. The highest BCUT2D eigenvalue weighted by atomic mass is 19.1. The number of hydrogen-bond donors (Lipinski definition) is 1. The van der Waals surface area contributed by atoms with Crippen molar-refractivity contribution in [1.29, 1.82) is 0 Å². The molecule has 0 aliphatic heterocycles. The quantitative estimate of drug-likeness (QED) is 0.774. The summed E-state index contributed by atoms with van der Waals surface area (Å²) >= 11 is 0. The number of aryl methyl sites for hydroxylation is 1. The first-order chi connectivity index (χ1) is 8.67. The van der Waals surface area contributed by atoms with Crippen LogP contribution in [-0.4, -0.2) is 32.9 Å². The largest absolute Gasteiger partial charge is 0.492 e. The van der Waals surface area contributed by atoms with Crippen molar-refractivity contribution in [2.24, 2.45) is 0 Å². The van der Waals surface area contributed by atoms with Crippen LogP contribution in [0.15, 0.2) is 18.2 Å². The Labute approximate surface area is 108 Å². The second kappa shape index (κ2) is 8.06. The van der Waals surface area contributed by atoms with E-state index in [4.69, 9.17) is 9.47 Å². The van der Waals surface area contributed by atoms with E-state index >= 15 is 0 Å². The van der Waals surface area contributed by atoms with Crippen molar-refractivity contribution in [3.63, 3.8) is 0 Å². The van der Waals surface area contributed by atoms with Gasteiger partial charge in [0.1, 0.15) is 18.2 Å². The van der Waals surface area contributed by atoms with Gasteiger partial charge in [0.05, 0.1) is 12.6 Å². The molecule has 0 radical (unpaired) electrons. The maximum atomic E-state index is 13.1. The molecule has 0 amide bonds. The number of ether oxygens (including phenoxy) is 2. The zero-order valence-corrected chi connectivity index (χ0v) is 11.3. The maximum Gasteiger partial charge on any atom is 0.126 e. The summed E-state index contributed by atoms with van der Waals surface area (Å²) in [5.74, 6) is 0.480. The molecule has 1 rings (SSSR count). The summed E-state index contributed by atoms with van der Waals surface area (Å²) in [5.41, 5.74) is 0.595. The molecule has 0 aliphatic rings. The number of hydrogen-bond acceptors (Lipinski definition) is 3. The van der Waals surface area contributed by atoms with Crippen molar-refractivity contribution in [2.75, 3.05) is 26.9 Å². The SMILES string of the molecule is CCCNC(COC)COc1ccc(F)c(C)c1. The molecule has 1 aromatic carbocycles. The van der Waals surface area contributed by atoms with E-state index in [-0.39, 0.29) is 11.9 Å². The Hall–Kier alpha value is -1.13. The van der Waals surface area contributed by atoms with Gasteiger partial charge >= 0.3 is 0 Å². The van der Waals surface area contributed by atoms with E-state index in [1.165, 1.54) is 6.07 Å². The average Bonchev–Trinajstić information content (AvgIpc) is 2.37. The molecule has 4 heteroatoms. The minimum Gasteiger partial charge on any atom is -0.492 e. The van der Waals surface area contributed by atoms with Crippen LogP contribution in [0.5, 0.6) is 5.75 Å². The molecular weight excluding hydrogens is 233 g/mol. The Morgan fingerprint density at radius 1 is 1.33 bits per heavy atom. The van der Waals surface area contributed by atoms with Crippen LogP contribution in [0.3, 0.4) is 0 Å². The van der Waals surface area contributed by atoms with Gasteiger partial charge in [-0.05, 0) is 43.7 Å². The Morgan fingerprint density at radius 3 is 2.72 bits per heavy atom. The fourth-order valence-corrected chi connectivity index (χ4v) is 1.62. The highest BCUT2D eigenvalue weighted by molar-refractivity contribution is 5.28. The molecule has 3 nitrogen and oxygen atoms in total. The first kappa shape index (κ1) is 14.9. The first-order valence-electron chi connectivity index (χ1n) is 6.28. The molecule has 0 spiro atoms. The third-order valence-corrected chi connectivity index (χ3v) is 2.63. The molecule has 1 unspecified atom stereocenters. The fraction of sp³-hybridized carbons (Fsp3) is 0.571. The zero-order valence-electron chi connectivity index (χ0n) is 11.3. The smallest absolute Gasteiger partial charge is 0.126 e. The van der Waals surface area contributed by atoms with E-state index in [2.05, 4.69) is 12.2 Å². The molecule has 0 fully saturated rings. The summed E-state index contributed by atoms with van der Waals surface area (Å²) in [7, 11) is 1.67. The molecule has 0 saturated heterocycles. The van der Waals surface area contributed by atoms with Gasteiger partial charge in [0.15, 0.2) is 0 Å². The Balaban J connectivity index is 2.47. The third-order valence-electron chi connectivity index (χ3n) is 2.63. The summed E-state index contributed by atoms with van der Waals surface area (Å²) in [5, 5.41) is 3.34. The van der Waals surface area contributed by atoms with Crippen LogP contribution < -0.4 is 10.1 Å². The molecule has 0 aliphatic carbocycles. The van der Waals surface area contributed by atoms with E-state index in [0.717, 1.165) is 13.0 Å². The van der Waals surface area contributed by atoms with Gasteiger partial charge in [-0.1, -0.05) is 6.92 Å². The van der Waals surface area contributed by atoms with Crippen LogP contribution in [0.2, 0.25) is 0 Å². The summed E-state index contributed by atoms with van der Waals surface area (Å²) in [6.07, 6.45) is 1.07. The molecule has 0 bridgehead atoms. The minimum atomic E-state index is -0.208. The summed E-state index contributed by atoms with van der Waals surface area (Å²) in [6, 6.07) is 4.93. The lowest BCUT2D eigenvalue weighted by Gasteiger charge is -2.18. The molecule has 1 N–H and O–H groups in total. The number of nitrogens with one attached hydrogen (secondary N) is 1. The highest BCUT2D eigenvalue weighted by Gasteiger charge is 2.08. The van der Waals surface area contributed by atoms with Crippen LogP contribution in [0.25, 0.3) is 0 Å². The number of methoxy groups -OCH3 is 1. The molecule has 1 atom stereocenters. The minimum absolute atomic E-state index is 0.153. The summed E-state index contributed by atoms with van der Waals surface area (Å²) in [6.45, 7) is 5.88. The van der Waals surface area contributed by atoms with Gasteiger partial charge in [0.2, 0.25) is 0 Å². The van der Waals surface area contributed by atoms with Gasteiger partial charge < -0.3 is 14.8 Å². The monoisotopic (exact) mass is 255 g/mol. The second-order valence-corrected chi connectivity index (χ2v) is 4.33. The first-order valence-corrected chi connectivity index (χ1v) is 6.28.